The Morgan fingerprint density at radius 3 is 2.17 bits per heavy atom. The van der Waals surface area contributed by atoms with E-state index in [1.807, 2.05) is 0 Å². The highest BCUT2D eigenvalue weighted by molar-refractivity contribution is 6.31. The topological polar surface area (TPSA) is 50.1 Å². The fourth-order valence-corrected chi connectivity index (χ4v) is 3.24. The number of nitrogens with zero attached hydrogens (tertiary/aromatic N) is 2. The summed E-state index contributed by atoms with van der Waals surface area (Å²) in [6.07, 6.45) is 1.47. The van der Waals surface area contributed by atoms with Gasteiger partial charge in [0.25, 0.3) is 5.56 Å². The van der Waals surface area contributed by atoms with Crippen molar-refractivity contribution in [1.29, 1.82) is 0 Å². The summed E-state index contributed by atoms with van der Waals surface area (Å²) in [4.78, 5) is 17.2. The molecule has 1 aliphatic rings. The lowest BCUT2D eigenvalue weighted by molar-refractivity contribution is 0.373. The summed E-state index contributed by atoms with van der Waals surface area (Å²) in [5, 5.41) is 2.38. The van der Waals surface area contributed by atoms with Gasteiger partial charge in [0.05, 0.1) is 11.3 Å². The average Bonchev–Trinajstić information content (AvgIpc) is 3.16. The van der Waals surface area contributed by atoms with Gasteiger partial charge < -0.3 is 0 Å². The maximum Gasteiger partial charge on any atom is 0.278 e. The van der Waals surface area contributed by atoms with Crippen molar-refractivity contribution in [2.45, 2.75) is 13.8 Å². The maximum atomic E-state index is 14.1. The van der Waals surface area contributed by atoms with Crippen LogP contribution in [0.25, 0.3) is 17.3 Å². The lowest BCUT2D eigenvalue weighted by atomic mass is 10.0. The number of aromatic nitrogens is 2. The summed E-state index contributed by atoms with van der Waals surface area (Å²) >= 11 is 0. The summed E-state index contributed by atoms with van der Waals surface area (Å²) in [5.41, 5.74) is 0.557. The predicted molar refractivity (Wildman–Crippen MR) is 98.0 cm³/mol. The third-order valence-electron chi connectivity index (χ3n) is 4.69. The molecule has 1 aliphatic heterocycles. The van der Waals surface area contributed by atoms with Crippen molar-refractivity contribution in [3.63, 3.8) is 0 Å². The van der Waals surface area contributed by atoms with Gasteiger partial charge in [0.1, 0.15) is 5.69 Å². The second-order valence-electron chi connectivity index (χ2n) is 6.48. The molecule has 0 spiro atoms. The van der Waals surface area contributed by atoms with E-state index in [0.717, 1.165) is 5.56 Å². The molecule has 29 heavy (non-hydrogen) atoms. The van der Waals surface area contributed by atoms with Crippen molar-refractivity contribution in [3.05, 3.63) is 80.5 Å². The number of aryl methyl sites for hydroxylation is 1. The van der Waals surface area contributed by atoms with Crippen molar-refractivity contribution < 1.29 is 22.0 Å². The Kier molecular flexibility index (Phi) is 4.25. The average molecular weight is 405 g/mol. The number of hydrogen-bond acceptors (Lipinski definition) is 2. The van der Waals surface area contributed by atoms with E-state index in [1.54, 1.807) is 31.2 Å². The van der Waals surface area contributed by atoms with Crippen molar-refractivity contribution in [3.8, 4) is 5.69 Å². The van der Waals surface area contributed by atoms with Crippen LogP contribution in [-0.2, 0) is 0 Å². The molecule has 1 aromatic heterocycles. The molecule has 3 aromatic rings. The van der Waals surface area contributed by atoms with Crippen LogP contribution < -0.4 is 5.56 Å². The molecule has 0 aliphatic carbocycles. The molecular weight excluding hydrogens is 393 g/mol. The van der Waals surface area contributed by atoms with Crippen molar-refractivity contribution >= 4 is 23.0 Å². The molecule has 0 unspecified atom stereocenters. The van der Waals surface area contributed by atoms with Crippen LogP contribution in [0.2, 0.25) is 0 Å². The van der Waals surface area contributed by atoms with Gasteiger partial charge in [-0.1, -0.05) is 18.2 Å². The second kappa shape index (κ2) is 6.54. The Morgan fingerprint density at radius 1 is 0.931 bits per heavy atom. The van der Waals surface area contributed by atoms with E-state index in [4.69, 9.17) is 0 Å². The number of fused-ring (bicyclic) bond motifs is 1. The Morgan fingerprint density at radius 2 is 1.52 bits per heavy atom. The van der Waals surface area contributed by atoms with E-state index in [-0.39, 0.29) is 11.3 Å². The van der Waals surface area contributed by atoms with Crippen molar-refractivity contribution in [1.82, 2.24) is 9.78 Å². The number of halogens is 5. The fraction of sp³-hybridized carbons (Fsp3) is 0.100. The third kappa shape index (κ3) is 2.72. The largest absolute Gasteiger partial charge is 0.294 e. The highest BCUT2D eigenvalue weighted by Crippen LogP contribution is 2.35. The number of nitrogens with one attached hydrogen (secondary N) is 1. The fourth-order valence-electron chi connectivity index (χ4n) is 3.24. The lowest BCUT2D eigenvalue weighted by Crippen LogP contribution is -2.21. The van der Waals surface area contributed by atoms with Gasteiger partial charge >= 0.3 is 0 Å². The first-order chi connectivity index (χ1) is 13.7. The number of para-hydroxylation sites is 1. The molecule has 0 amide bonds. The van der Waals surface area contributed by atoms with Gasteiger partial charge in [0.15, 0.2) is 23.3 Å². The van der Waals surface area contributed by atoms with Gasteiger partial charge in [-0.05, 0) is 26.0 Å². The van der Waals surface area contributed by atoms with Crippen molar-refractivity contribution in [2.75, 3.05) is 0 Å². The summed E-state index contributed by atoms with van der Waals surface area (Å²) in [7, 11) is 0. The van der Waals surface area contributed by atoms with Gasteiger partial charge in [-0.25, -0.2) is 26.6 Å². The summed E-state index contributed by atoms with van der Waals surface area (Å²) in [6, 6.07) is 7.18. The van der Waals surface area contributed by atoms with Crippen LogP contribution in [0, 0.1) is 36.0 Å². The van der Waals surface area contributed by atoms with Crippen LogP contribution in [0.4, 0.5) is 27.6 Å². The number of benzene rings is 2. The van der Waals surface area contributed by atoms with Crippen LogP contribution in [0.1, 0.15) is 23.7 Å². The monoisotopic (exact) mass is 405 g/mol. The minimum absolute atomic E-state index is 0.00944. The second-order valence-corrected chi connectivity index (χ2v) is 6.48. The zero-order valence-corrected chi connectivity index (χ0v) is 15.1. The van der Waals surface area contributed by atoms with Gasteiger partial charge in [0, 0.05) is 22.5 Å². The van der Waals surface area contributed by atoms with Crippen LogP contribution in [-0.4, -0.2) is 15.5 Å². The van der Waals surface area contributed by atoms with Crippen molar-refractivity contribution in [2.24, 2.45) is 4.99 Å². The minimum atomic E-state index is -2.29. The smallest absolute Gasteiger partial charge is 0.278 e. The van der Waals surface area contributed by atoms with Gasteiger partial charge in [-0.15, -0.1) is 0 Å². The van der Waals surface area contributed by atoms with Crippen LogP contribution in [0.3, 0.4) is 0 Å². The summed E-state index contributed by atoms with van der Waals surface area (Å²) in [5.74, 6) is -10.8. The van der Waals surface area contributed by atoms with Gasteiger partial charge in [0.2, 0.25) is 5.82 Å². The third-order valence-corrected chi connectivity index (χ3v) is 4.69. The molecule has 4 nitrogen and oxygen atoms in total. The molecule has 0 saturated heterocycles. The molecule has 1 N–H and O–H groups in total. The normalized spacial score (nSPS) is 14.4. The molecule has 0 radical (unpaired) electrons. The molecule has 0 bridgehead atoms. The van der Waals surface area contributed by atoms with E-state index in [9.17, 15) is 26.7 Å². The first-order valence-corrected chi connectivity index (χ1v) is 8.42. The van der Waals surface area contributed by atoms with E-state index in [1.165, 1.54) is 13.0 Å². The Bertz CT molecular complexity index is 1270. The summed E-state index contributed by atoms with van der Waals surface area (Å²) < 4.78 is 69.0. The standard InChI is InChI=1S/C20H12F5N3O/c1-8-11(10-5-3-4-6-13(10)26-8)7-12-9(2)27-28(20(12)29)19-17(24)15(22)14(21)16(23)18(19)25/h3-7,27H,1-2H3. The number of aliphatic imine (C=N–C) groups is 1. The molecule has 2 aromatic carbocycles. The number of H-pyrrole nitrogens is 1. The first-order valence-electron chi connectivity index (χ1n) is 8.42. The quantitative estimate of drug-likeness (QED) is 0.371. The molecular formula is C20H12F5N3O. The highest BCUT2D eigenvalue weighted by Gasteiger charge is 2.29. The Balaban J connectivity index is 1.94. The number of allylic oxidation sites excluding steroid dienone is 1. The molecule has 0 atom stereocenters. The van der Waals surface area contributed by atoms with Crippen LogP contribution in [0.15, 0.2) is 34.1 Å². The Hall–Kier alpha value is -3.49. The maximum absolute atomic E-state index is 14.1. The lowest BCUT2D eigenvalue weighted by Gasteiger charge is -2.08. The zero-order chi connectivity index (χ0) is 21.0. The molecule has 9 heteroatoms. The van der Waals surface area contributed by atoms with Gasteiger partial charge in [-0.3, -0.25) is 14.9 Å². The summed E-state index contributed by atoms with van der Waals surface area (Å²) in [6.45, 7) is 3.18. The predicted octanol–water partition coefficient (Wildman–Crippen LogP) is 4.82. The molecule has 0 saturated carbocycles. The molecule has 0 fully saturated rings. The van der Waals surface area contributed by atoms with E-state index >= 15 is 0 Å². The molecule has 4 rings (SSSR count). The SMILES string of the molecule is CC1=Nc2ccccc2C1=Cc1c(C)[nH]n(-c2c(F)c(F)c(F)c(F)c2F)c1=O. The van der Waals surface area contributed by atoms with E-state index < -0.39 is 40.3 Å². The van der Waals surface area contributed by atoms with E-state index in [2.05, 4.69) is 10.1 Å². The first kappa shape index (κ1) is 18.9. The highest BCUT2D eigenvalue weighted by atomic mass is 19.2. The number of aromatic amines is 1. The zero-order valence-electron chi connectivity index (χ0n) is 15.1. The molecule has 148 valence electrons. The van der Waals surface area contributed by atoms with E-state index in [0.29, 0.717) is 21.7 Å². The molecule has 2 heterocycles. The Labute approximate surface area is 160 Å². The number of rotatable bonds is 2. The van der Waals surface area contributed by atoms with Crippen LogP contribution >= 0.6 is 0 Å². The van der Waals surface area contributed by atoms with Gasteiger partial charge in [-0.2, -0.15) is 0 Å². The van der Waals surface area contributed by atoms with Crippen LogP contribution in [0.5, 0.6) is 0 Å². The minimum Gasteiger partial charge on any atom is -0.294 e. The number of hydrogen-bond donors (Lipinski definition) is 1.